The molecule has 1 atom stereocenters. The maximum absolute atomic E-state index is 10.8. The first-order chi connectivity index (χ1) is 13.5. The van der Waals surface area contributed by atoms with E-state index in [0.29, 0.717) is 19.7 Å². The first kappa shape index (κ1) is 23.3. The lowest BCUT2D eigenvalue weighted by atomic mass is 10.1. The number of phosphoric acid groups is 1. The van der Waals surface area contributed by atoms with E-state index in [2.05, 4.69) is 16.3 Å². The van der Waals surface area contributed by atoms with Crippen LogP contribution in [0.3, 0.4) is 0 Å². The lowest BCUT2D eigenvalue weighted by molar-refractivity contribution is -0.0336. The average molecular weight is 415 g/mol. The Morgan fingerprint density at radius 3 is 2.54 bits per heavy atom. The van der Waals surface area contributed by atoms with Crippen molar-refractivity contribution in [1.29, 1.82) is 0 Å². The summed E-state index contributed by atoms with van der Waals surface area (Å²) < 4.78 is 27.0. The van der Waals surface area contributed by atoms with Crippen LogP contribution in [-0.2, 0) is 13.8 Å². The zero-order valence-corrected chi connectivity index (χ0v) is 17.7. The van der Waals surface area contributed by atoms with Crippen molar-refractivity contribution in [3.8, 4) is 5.75 Å². The molecule has 1 saturated heterocycles. The Morgan fingerprint density at radius 2 is 1.82 bits per heavy atom. The summed E-state index contributed by atoms with van der Waals surface area (Å²) in [7, 11) is -4.40. The minimum atomic E-state index is -4.40. The normalized spacial score (nSPS) is 18.3. The summed E-state index contributed by atoms with van der Waals surface area (Å²) in [6.45, 7) is 5.41. The van der Waals surface area contributed by atoms with Gasteiger partial charge in [-0.2, -0.15) is 0 Å². The van der Waals surface area contributed by atoms with E-state index in [9.17, 15) is 4.57 Å². The molecule has 1 unspecified atom stereocenters. The van der Waals surface area contributed by atoms with Crippen LogP contribution in [0.4, 0.5) is 0 Å². The summed E-state index contributed by atoms with van der Waals surface area (Å²) in [6, 6.07) is 8.00. The van der Waals surface area contributed by atoms with Gasteiger partial charge in [0.2, 0.25) is 0 Å². The zero-order chi connectivity index (χ0) is 20.2. The van der Waals surface area contributed by atoms with Gasteiger partial charge in [0.25, 0.3) is 0 Å². The van der Waals surface area contributed by atoms with Gasteiger partial charge in [0.1, 0.15) is 5.75 Å². The maximum Gasteiger partial charge on any atom is 0.469 e. The number of rotatable bonds is 13. The molecule has 1 aliphatic heterocycles. The molecule has 28 heavy (non-hydrogen) atoms. The van der Waals surface area contributed by atoms with Gasteiger partial charge in [0.05, 0.1) is 25.9 Å². The molecule has 0 spiro atoms. The summed E-state index contributed by atoms with van der Waals surface area (Å²) in [5, 5.41) is 0. The van der Waals surface area contributed by atoms with E-state index in [1.165, 1.54) is 32.1 Å². The highest BCUT2D eigenvalue weighted by molar-refractivity contribution is 7.46. The van der Waals surface area contributed by atoms with Crippen LogP contribution in [0.2, 0.25) is 0 Å². The Labute approximate surface area is 168 Å². The summed E-state index contributed by atoms with van der Waals surface area (Å²) in [6.07, 6.45) is 7.43. The Bertz CT molecular complexity index is 591. The molecule has 2 rings (SSSR count). The Morgan fingerprint density at radius 1 is 1.11 bits per heavy atom. The van der Waals surface area contributed by atoms with Crippen molar-refractivity contribution < 1.29 is 28.3 Å². The molecule has 2 N–H and O–H groups in total. The van der Waals surface area contributed by atoms with Gasteiger partial charge in [-0.3, -0.25) is 9.42 Å². The summed E-state index contributed by atoms with van der Waals surface area (Å²) in [4.78, 5) is 19.6. The second kappa shape index (κ2) is 12.6. The van der Waals surface area contributed by atoms with Crippen molar-refractivity contribution in [2.75, 3.05) is 39.5 Å². The monoisotopic (exact) mass is 415 g/mol. The van der Waals surface area contributed by atoms with E-state index in [0.717, 1.165) is 30.9 Å². The van der Waals surface area contributed by atoms with Gasteiger partial charge in [-0.25, -0.2) is 4.57 Å². The molecule has 8 heteroatoms. The molecule has 1 fully saturated rings. The number of hydrogen-bond donors (Lipinski definition) is 2. The van der Waals surface area contributed by atoms with Crippen molar-refractivity contribution in [3.63, 3.8) is 0 Å². The molecule has 0 bridgehead atoms. The molecule has 0 radical (unpaired) electrons. The summed E-state index contributed by atoms with van der Waals surface area (Å²) in [5.41, 5.74) is 1.08. The van der Waals surface area contributed by atoms with E-state index >= 15 is 0 Å². The topological polar surface area (TPSA) is 88.5 Å². The Balaban J connectivity index is 1.69. The highest BCUT2D eigenvalue weighted by Gasteiger charge is 2.23. The Hall–Kier alpha value is -0.950. The van der Waals surface area contributed by atoms with Gasteiger partial charge < -0.3 is 19.3 Å². The van der Waals surface area contributed by atoms with Gasteiger partial charge in [-0.05, 0) is 24.1 Å². The summed E-state index contributed by atoms with van der Waals surface area (Å²) >= 11 is 0. The number of nitrogens with zero attached hydrogens (tertiary/aromatic N) is 1. The van der Waals surface area contributed by atoms with Crippen LogP contribution in [0.15, 0.2) is 24.3 Å². The van der Waals surface area contributed by atoms with Crippen LogP contribution in [-0.4, -0.2) is 54.1 Å². The first-order valence-corrected chi connectivity index (χ1v) is 11.8. The molecule has 0 amide bonds. The molecule has 0 aliphatic carbocycles. The minimum absolute atomic E-state index is 0.00220. The Kier molecular flexibility index (Phi) is 10.5. The van der Waals surface area contributed by atoms with E-state index in [4.69, 9.17) is 19.3 Å². The minimum Gasteiger partial charge on any atom is -0.494 e. The van der Waals surface area contributed by atoms with Crippen LogP contribution in [0, 0.1) is 0 Å². The third kappa shape index (κ3) is 9.50. The lowest BCUT2D eigenvalue weighted by Crippen LogP contribution is -2.40. The van der Waals surface area contributed by atoms with Crippen LogP contribution >= 0.6 is 7.82 Å². The third-order valence-electron chi connectivity index (χ3n) is 4.84. The number of phosphoric ester groups is 1. The number of ether oxygens (including phenoxy) is 2. The van der Waals surface area contributed by atoms with Gasteiger partial charge in [0, 0.05) is 19.6 Å². The van der Waals surface area contributed by atoms with Crippen LogP contribution in [0.5, 0.6) is 5.75 Å². The van der Waals surface area contributed by atoms with E-state index in [-0.39, 0.29) is 12.7 Å². The quantitative estimate of drug-likeness (QED) is 0.373. The molecule has 0 saturated carbocycles. The van der Waals surface area contributed by atoms with Crippen molar-refractivity contribution >= 4 is 7.82 Å². The SMILES string of the molecule is CCCCCCCCOc1ccc(C2CN(CCOP(=O)(O)O)CCO2)cc1. The number of hydrogen-bond acceptors (Lipinski definition) is 5. The highest BCUT2D eigenvalue weighted by Crippen LogP contribution is 2.35. The molecule has 160 valence electrons. The largest absolute Gasteiger partial charge is 0.494 e. The second-order valence-electron chi connectivity index (χ2n) is 7.17. The van der Waals surface area contributed by atoms with Crippen molar-refractivity contribution in [2.45, 2.75) is 51.6 Å². The standard InChI is InChI=1S/C20H34NO6P/c1-2-3-4-5-6-7-14-25-19-10-8-18(9-11-19)20-17-21(12-15-26-20)13-16-27-28(22,23)24/h8-11,20H,2-7,12-17H2,1H3,(H2,22,23,24). The van der Waals surface area contributed by atoms with E-state index in [1.54, 1.807) is 0 Å². The lowest BCUT2D eigenvalue weighted by Gasteiger charge is -2.33. The molecule has 1 aromatic rings. The number of morpholine rings is 1. The molecular formula is C20H34NO6P. The smallest absolute Gasteiger partial charge is 0.469 e. The van der Waals surface area contributed by atoms with Gasteiger partial charge in [0.15, 0.2) is 0 Å². The number of unbranched alkanes of at least 4 members (excludes halogenated alkanes) is 5. The predicted octanol–water partition coefficient (Wildman–Crippen LogP) is 3.91. The van der Waals surface area contributed by atoms with Crippen molar-refractivity contribution in [3.05, 3.63) is 29.8 Å². The van der Waals surface area contributed by atoms with Crippen LogP contribution < -0.4 is 4.74 Å². The fourth-order valence-electron chi connectivity index (χ4n) is 3.25. The van der Waals surface area contributed by atoms with Crippen molar-refractivity contribution in [2.24, 2.45) is 0 Å². The van der Waals surface area contributed by atoms with Crippen LogP contribution in [0.1, 0.15) is 57.1 Å². The molecular weight excluding hydrogens is 381 g/mol. The molecule has 7 nitrogen and oxygen atoms in total. The average Bonchev–Trinajstić information content (AvgIpc) is 2.67. The van der Waals surface area contributed by atoms with E-state index in [1.807, 2.05) is 24.3 Å². The third-order valence-corrected chi connectivity index (χ3v) is 5.35. The maximum atomic E-state index is 10.8. The molecule has 1 aliphatic rings. The molecule has 1 heterocycles. The second-order valence-corrected chi connectivity index (χ2v) is 8.41. The van der Waals surface area contributed by atoms with Gasteiger partial charge in [-0.15, -0.1) is 0 Å². The van der Waals surface area contributed by atoms with Crippen molar-refractivity contribution in [1.82, 2.24) is 4.90 Å². The van der Waals surface area contributed by atoms with Gasteiger partial charge >= 0.3 is 7.82 Å². The fourth-order valence-corrected chi connectivity index (χ4v) is 3.57. The zero-order valence-electron chi connectivity index (χ0n) is 16.8. The fraction of sp³-hybridized carbons (Fsp3) is 0.700. The first-order valence-electron chi connectivity index (χ1n) is 10.2. The van der Waals surface area contributed by atoms with Crippen LogP contribution in [0.25, 0.3) is 0 Å². The predicted molar refractivity (Wildman–Crippen MR) is 108 cm³/mol. The number of benzene rings is 1. The van der Waals surface area contributed by atoms with E-state index < -0.39 is 7.82 Å². The highest BCUT2D eigenvalue weighted by atomic mass is 31.2. The molecule has 0 aromatic heterocycles. The molecule has 1 aromatic carbocycles. The summed E-state index contributed by atoms with van der Waals surface area (Å²) in [5.74, 6) is 0.875. The van der Waals surface area contributed by atoms with Gasteiger partial charge in [-0.1, -0.05) is 51.2 Å².